The molecule has 3 unspecified atom stereocenters. The topological polar surface area (TPSA) is 49.5 Å². The summed E-state index contributed by atoms with van der Waals surface area (Å²) < 4.78 is 0. The number of aliphatic hydroxyl groups excluding tert-OH is 1. The maximum absolute atomic E-state index is 9.17. The quantitative estimate of drug-likeness (QED) is 0.779. The first kappa shape index (κ1) is 16.9. The van der Waals surface area contributed by atoms with E-state index in [0.717, 1.165) is 38.4 Å². The van der Waals surface area contributed by atoms with Gasteiger partial charge in [-0.1, -0.05) is 27.7 Å². The molecule has 0 aromatic carbocycles. The molecule has 19 heavy (non-hydrogen) atoms. The molecule has 0 amide bonds. The number of rotatable bonds is 6. The lowest BCUT2D eigenvalue weighted by Crippen LogP contribution is -2.45. The second-order valence-electron chi connectivity index (χ2n) is 7.32. The largest absolute Gasteiger partial charge is 0.395 e. The number of nitrogens with zero attached hydrogens (tertiary/aromatic N) is 1. The highest BCUT2D eigenvalue weighted by atomic mass is 16.3. The lowest BCUT2D eigenvalue weighted by atomic mass is 9.67. The smallest absolute Gasteiger partial charge is 0.0558 e. The minimum atomic E-state index is 0.255. The van der Waals surface area contributed by atoms with Crippen molar-refractivity contribution in [3.8, 4) is 0 Å². The summed E-state index contributed by atoms with van der Waals surface area (Å²) in [5.41, 5.74) is 6.73. The summed E-state index contributed by atoms with van der Waals surface area (Å²) in [6.45, 7) is 12.4. The van der Waals surface area contributed by atoms with Gasteiger partial charge in [-0.2, -0.15) is 0 Å². The van der Waals surface area contributed by atoms with E-state index in [0.29, 0.717) is 17.4 Å². The molecule has 0 radical (unpaired) electrons. The maximum atomic E-state index is 9.17. The van der Waals surface area contributed by atoms with E-state index in [9.17, 15) is 0 Å². The molecule has 0 heterocycles. The van der Waals surface area contributed by atoms with Crippen LogP contribution in [-0.2, 0) is 0 Å². The molecule has 0 bridgehead atoms. The van der Waals surface area contributed by atoms with E-state index < -0.39 is 0 Å². The summed E-state index contributed by atoms with van der Waals surface area (Å²) in [4.78, 5) is 2.38. The van der Waals surface area contributed by atoms with Gasteiger partial charge >= 0.3 is 0 Å². The summed E-state index contributed by atoms with van der Waals surface area (Å²) >= 11 is 0. The molecule has 0 aromatic rings. The summed E-state index contributed by atoms with van der Waals surface area (Å²) in [6.07, 6.45) is 4.82. The van der Waals surface area contributed by atoms with Crippen molar-refractivity contribution < 1.29 is 5.11 Å². The van der Waals surface area contributed by atoms with Crippen molar-refractivity contribution in [2.45, 2.75) is 59.4 Å². The first-order chi connectivity index (χ1) is 8.88. The molecule has 1 aliphatic carbocycles. The van der Waals surface area contributed by atoms with Crippen LogP contribution < -0.4 is 5.73 Å². The van der Waals surface area contributed by atoms with Crippen molar-refractivity contribution in [3.63, 3.8) is 0 Å². The fourth-order valence-corrected chi connectivity index (χ4v) is 3.37. The zero-order valence-electron chi connectivity index (χ0n) is 13.4. The summed E-state index contributed by atoms with van der Waals surface area (Å²) in [7, 11) is 0. The molecule has 0 aromatic heterocycles. The first-order valence-corrected chi connectivity index (χ1v) is 7.97. The Bertz CT molecular complexity index is 244. The third-order valence-electron chi connectivity index (χ3n) is 4.71. The average molecular weight is 270 g/mol. The Kier molecular flexibility index (Phi) is 6.78. The highest BCUT2D eigenvalue weighted by Crippen LogP contribution is 2.40. The van der Waals surface area contributed by atoms with E-state index in [2.05, 4.69) is 32.6 Å². The molecule has 1 fully saturated rings. The molecule has 3 heteroatoms. The van der Waals surface area contributed by atoms with Crippen molar-refractivity contribution in [1.82, 2.24) is 4.90 Å². The van der Waals surface area contributed by atoms with E-state index >= 15 is 0 Å². The lowest BCUT2D eigenvalue weighted by molar-refractivity contribution is 0.0917. The third kappa shape index (κ3) is 5.41. The molecule has 3 nitrogen and oxygen atoms in total. The predicted molar refractivity (Wildman–Crippen MR) is 82.1 cm³/mol. The van der Waals surface area contributed by atoms with E-state index in [1.54, 1.807) is 0 Å². The number of nitrogens with two attached hydrogens (primary N) is 1. The van der Waals surface area contributed by atoms with E-state index in [4.69, 9.17) is 10.8 Å². The molecule has 1 saturated carbocycles. The van der Waals surface area contributed by atoms with Gasteiger partial charge in [0.05, 0.1) is 6.61 Å². The van der Waals surface area contributed by atoms with Crippen LogP contribution in [0.25, 0.3) is 0 Å². The zero-order valence-corrected chi connectivity index (χ0v) is 13.4. The molecular formula is C16H34N2O. The molecule has 1 aliphatic rings. The van der Waals surface area contributed by atoms with Crippen molar-refractivity contribution in [2.75, 3.05) is 26.2 Å². The Balaban J connectivity index is 2.57. The molecule has 0 aliphatic heterocycles. The van der Waals surface area contributed by atoms with Gasteiger partial charge in [-0.15, -0.1) is 0 Å². The van der Waals surface area contributed by atoms with Crippen LogP contribution in [0, 0.1) is 17.3 Å². The summed E-state index contributed by atoms with van der Waals surface area (Å²) in [5, 5.41) is 9.17. The normalized spacial score (nSPS) is 28.9. The molecule has 0 spiro atoms. The average Bonchev–Trinajstić information content (AvgIpc) is 2.31. The summed E-state index contributed by atoms with van der Waals surface area (Å²) in [5.74, 6) is 1.38. The second kappa shape index (κ2) is 7.61. The highest BCUT2D eigenvalue weighted by molar-refractivity contribution is 4.88. The molecule has 0 saturated heterocycles. The zero-order chi connectivity index (χ0) is 14.5. The Labute approximate surface area is 119 Å². The second-order valence-corrected chi connectivity index (χ2v) is 7.32. The van der Waals surface area contributed by atoms with Crippen LogP contribution in [0.4, 0.5) is 0 Å². The Hall–Kier alpha value is -0.120. The Morgan fingerprint density at radius 2 is 1.89 bits per heavy atom. The highest BCUT2D eigenvalue weighted by Gasteiger charge is 2.34. The van der Waals surface area contributed by atoms with Gasteiger partial charge in [-0.3, -0.25) is 0 Å². The van der Waals surface area contributed by atoms with E-state index in [1.807, 2.05) is 0 Å². The van der Waals surface area contributed by atoms with E-state index in [1.165, 1.54) is 12.8 Å². The van der Waals surface area contributed by atoms with Gasteiger partial charge in [0.1, 0.15) is 0 Å². The predicted octanol–water partition coefficient (Wildman–Crippen LogP) is 2.48. The van der Waals surface area contributed by atoms with Crippen LogP contribution in [0.2, 0.25) is 0 Å². The van der Waals surface area contributed by atoms with Crippen molar-refractivity contribution in [2.24, 2.45) is 23.0 Å². The van der Waals surface area contributed by atoms with Crippen LogP contribution in [0.5, 0.6) is 0 Å². The van der Waals surface area contributed by atoms with E-state index in [-0.39, 0.29) is 6.61 Å². The number of aliphatic hydroxyl groups is 1. The van der Waals surface area contributed by atoms with Crippen LogP contribution >= 0.6 is 0 Å². The van der Waals surface area contributed by atoms with Crippen LogP contribution in [0.15, 0.2) is 0 Å². The van der Waals surface area contributed by atoms with Gasteiger partial charge in [0.2, 0.25) is 0 Å². The third-order valence-corrected chi connectivity index (χ3v) is 4.71. The molecule has 3 N–H and O–H groups in total. The van der Waals surface area contributed by atoms with Crippen LogP contribution in [0.3, 0.4) is 0 Å². The molecular weight excluding hydrogens is 236 g/mol. The van der Waals surface area contributed by atoms with Gasteiger partial charge < -0.3 is 15.7 Å². The lowest BCUT2D eigenvalue weighted by Gasteiger charge is -2.42. The van der Waals surface area contributed by atoms with Crippen LogP contribution in [-0.4, -0.2) is 42.3 Å². The molecule has 1 rings (SSSR count). The van der Waals surface area contributed by atoms with Gasteiger partial charge in [0.25, 0.3) is 0 Å². The van der Waals surface area contributed by atoms with Gasteiger partial charge in [0.15, 0.2) is 0 Å². The number of hydrogen-bond acceptors (Lipinski definition) is 3. The minimum Gasteiger partial charge on any atom is -0.395 e. The summed E-state index contributed by atoms with van der Waals surface area (Å²) in [6, 6.07) is 0.344. The van der Waals surface area contributed by atoms with Crippen molar-refractivity contribution in [3.05, 3.63) is 0 Å². The van der Waals surface area contributed by atoms with Gasteiger partial charge in [0, 0.05) is 19.1 Å². The first-order valence-electron chi connectivity index (χ1n) is 7.97. The van der Waals surface area contributed by atoms with Gasteiger partial charge in [-0.05, 0) is 49.5 Å². The maximum Gasteiger partial charge on any atom is 0.0558 e. The monoisotopic (exact) mass is 270 g/mol. The standard InChI is InChI=1S/C16H34N2O/c1-5-8-18(9-10-19)12-13-11-14(16(2,3)4)6-7-15(13)17/h13-15,19H,5-12,17H2,1-4H3. The Morgan fingerprint density at radius 1 is 1.21 bits per heavy atom. The van der Waals surface area contributed by atoms with Crippen molar-refractivity contribution >= 4 is 0 Å². The SMILES string of the molecule is CCCN(CCO)CC1CC(C(C)(C)C)CCC1N. The molecule has 114 valence electrons. The molecule has 3 atom stereocenters. The fourth-order valence-electron chi connectivity index (χ4n) is 3.37. The van der Waals surface area contributed by atoms with Crippen LogP contribution in [0.1, 0.15) is 53.4 Å². The van der Waals surface area contributed by atoms with Crippen molar-refractivity contribution in [1.29, 1.82) is 0 Å². The Morgan fingerprint density at radius 3 is 2.42 bits per heavy atom. The number of hydrogen-bond donors (Lipinski definition) is 2. The minimum absolute atomic E-state index is 0.255. The fraction of sp³-hybridized carbons (Fsp3) is 1.00. The van der Waals surface area contributed by atoms with Gasteiger partial charge in [-0.25, -0.2) is 0 Å².